The van der Waals surface area contributed by atoms with Crippen molar-refractivity contribution in [3.63, 3.8) is 0 Å². The maximum atomic E-state index is 10.6. The number of amides is 2. The molecular formula is C6H12N2O4. The van der Waals surface area contributed by atoms with Crippen LogP contribution in [-0.2, 0) is 19.1 Å². The number of primary amides is 1. The third kappa shape index (κ3) is 3.89. The van der Waals surface area contributed by atoms with Crippen LogP contribution < -0.4 is 11.1 Å². The highest BCUT2D eigenvalue weighted by molar-refractivity contribution is 6.34. The average molecular weight is 176 g/mol. The maximum absolute atomic E-state index is 10.6. The van der Waals surface area contributed by atoms with Crippen LogP contribution in [0.15, 0.2) is 0 Å². The monoisotopic (exact) mass is 176 g/mol. The minimum absolute atomic E-state index is 0.0920. The molecular weight excluding hydrogens is 164 g/mol. The molecule has 0 aromatic heterocycles. The minimum atomic E-state index is -1.03. The molecule has 3 N–H and O–H groups in total. The van der Waals surface area contributed by atoms with Gasteiger partial charge in [-0.1, -0.05) is 0 Å². The summed E-state index contributed by atoms with van der Waals surface area (Å²) in [5, 5.41) is 2.22. The SMILES string of the molecule is COC(CNC(=O)C(N)=O)OC. The number of nitrogens with one attached hydrogen (secondary N) is 1. The van der Waals surface area contributed by atoms with Gasteiger partial charge in [0.2, 0.25) is 0 Å². The van der Waals surface area contributed by atoms with Crippen LogP contribution in [0.1, 0.15) is 0 Å². The van der Waals surface area contributed by atoms with Crippen LogP contribution in [0.4, 0.5) is 0 Å². The smallest absolute Gasteiger partial charge is 0.309 e. The Bertz CT molecular complexity index is 167. The second kappa shape index (κ2) is 5.50. The zero-order valence-electron chi connectivity index (χ0n) is 6.99. The van der Waals surface area contributed by atoms with Crippen LogP contribution in [0, 0.1) is 0 Å². The van der Waals surface area contributed by atoms with Gasteiger partial charge < -0.3 is 20.5 Å². The molecule has 0 heterocycles. The van der Waals surface area contributed by atoms with Gasteiger partial charge in [0.15, 0.2) is 6.29 Å². The third-order valence-corrected chi connectivity index (χ3v) is 1.18. The lowest BCUT2D eigenvalue weighted by molar-refractivity contribution is -0.140. The Hall–Kier alpha value is -1.14. The van der Waals surface area contributed by atoms with Gasteiger partial charge in [0.25, 0.3) is 0 Å². The maximum Gasteiger partial charge on any atom is 0.309 e. The molecule has 0 radical (unpaired) electrons. The number of nitrogens with two attached hydrogens (primary N) is 1. The first-order valence-corrected chi connectivity index (χ1v) is 3.25. The molecule has 0 rings (SSSR count). The minimum Gasteiger partial charge on any atom is -0.361 e. The van der Waals surface area contributed by atoms with Crippen LogP contribution in [0.25, 0.3) is 0 Å². The van der Waals surface area contributed by atoms with Crippen LogP contribution in [0.5, 0.6) is 0 Å². The molecule has 0 atom stereocenters. The summed E-state index contributed by atoms with van der Waals surface area (Å²) in [4.78, 5) is 20.8. The van der Waals surface area contributed by atoms with Gasteiger partial charge in [-0.05, 0) is 0 Å². The molecule has 0 aromatic carbocycles. The van der Waals surface area contributed by atoms with E-state index >= 15 is 0 Å². The van der Waals surface area contributed by atoms with Gasteiger partial charge in [-0.15, -0.1) is 0 Å². The van der Waals surface area contributed by atoms with Crippen molar-refractivity contribution >= 4 is 11.8 Å². The first-order valence-electron chi connectivity index (χ1n) is 3.25. The summed E-state index contributed by atoms with van der Waals surface area (Å²) in [5.74, 6) is -1.88. The van der Waals surface area contributed by atoms with Gasteiger partial charge in [-0.2, -0.15) is 0 Å². The Morgan fingerprint density at radius 3 is 2.25 bits per heavy atom. The van der Waals surface area contributed by atoms with E-state index in [0.717, 1.165) is 0 Å². The number of carbonyl (C=O) groups is 2. The Kier molecular flexibility index (Phi) is 4.98. The molecule has 0 aliphatic heterocycles. The van der Waals surface area contributed by atoms with Crippen molar-refractivity contribution < 1.29 is 19.1 Å². The lowest BCUT2D eigenvalue weighted by Gasteiger charge is -2.12. The molecule has 2 amide bonds. The van der Waals surface area contributed by atoms with Crippen LogP contribution in [0.3, 0.4) is 0 Å². The van der Waals surface area contributed by atoms with E-state index in [1.165, 1.54) is 14.2 Å². The first-order chi connectivity index (χ1) is 5.61. The standard InChI is InChI=1S/C6H12N2O4/c1-11-4(12-2)3-8-6(10)5(7)9/h4H,3H2,1-2H3,(H2,7,9)(H,8,10). The summed E-state index contributed by atoms with van der Waals surface area (Å²) in [5.41, 5.74) is 4.67. The summed E-state index contributed by atoms with van der Waals surface area (Å²) < 4.78 is 9.48. The normalized spacial score (nSPS) is 9.92. The molecule has 0 saturated carbocycles. The van der Waals surface area contributed by atoms with Crippen LogP contribution in [0.2, 0.25) is 0 Å². The summed E-state index contributed by atoms with van der Waals surface area (Å²) in [6.07, 6.45) is -0.562. The molecule has 6 nitrogen and oxygen atoms in total. The summed E-state index contributed by atoms with van der Waals surface area (Å²) in [6.45, 7) is 0.0920. The number of methoxy groups -OCH3 is 2. The molecule has 0 aromatic rings. The molecule has 0 spiro atoms. The first kappa shape index (κ1) is 10.9. The molecule has 0 bridgehead atoms. The Balaban J connectivity index is 3.66. The van der Waals surface area contributed by atoms with E-state index < -0.39 is 18.1 Å². The largest absolute Gasteiger partial charge is 0.361 e. The third-order valence-electron chi connectivity index (χ3n) is 1.18. The van der Waals surface area contributed by atoms with Gasteiger partial charge in [-0.3, -0.25) is 9.59 Å². The van der Waals surface area contributed by atoms with Gasteiger partial charge in [0.05, 0.1) is 6.54 Å². The Morgan fingerprint density at radius 1 is 1.42 bits per heavy atom. The number of hydrogen-bond acceptors (Lipinski definition) is 4. The zero-order chi connectivity index (χ0) is 9.56. The molecule has 0 saturated heterocycles. The van der Waals surface area contributed by atoms with Gasteiger partial charge in [0, 0.05) is 14.2 Å². The number of hydrogen-bond donors (Lipinski definition) is 2. The molecule has 12 heavy (non-hydrogen) atoms. The van der Waals surface area contributed by atoms with E-state index in [2.05, 4.69) is 11.1 Å². The van der Waals surface area contributed by atoms with Crippen molar-refractivity contribution in [3.05, 3.63) is 0 Å². The fraction of sp³-hybridized carbons (Fsp3) is 0.667. The lowest BCUT2D eigenvalue weighted by Crippen LogP contribution is -2.41. The highest BCUT2D eigenvalue weighted by Crippen LogP contribution is 1.86. The van der Waals surface area contributed by atoms with Crippen molar-refractivity contribution in [1.29, 1.82) is 0 Å². The number of carbonyl (C=O) groups excluding carboxylic acids is 2. The average Bonchev–Trinajstić information content (AvgIpc) is 2.05. The zero-order valence-corrected chi connectivity index (χ0v) is 6.99. The second-order valence-corrected chi connectivity index (χ2v) is 1.98. The molecule has 70 valence electrons. The molecule has 0 aliphatic rings. The van der Waals surface area contributed by atoms with Crippen molar-refractivity contribution in [2.24, 2.45) is 5.73 Å². The van der Waals surface area contributed by atoms with Crippen LogP contribution in [-0.4, -0.2) is 38.9 Å². The van der Waals surface area contributed by atoms with Gasteiger partial charge in [-0.25, -0.2) is 0 Å². The fourth-order valence-corrected chi connectivity index (χ4v) is 0.526. The van der Waals surface area contributed by atoms with Crippen molar-refractivity contribution in [2.45, 2.75) is 6.29 Å². The van der Waals surface area contributed by atoms with E-state index in [-0.39, 0.29) is 6.54 Å². The van der Waals surface area contributed by atoms with Crippen LogP contribution >= 0.6 is 0 Å². The van der Waals surface area contributed by atoms with Crippen molar-refractivity contribution in [1.82, 2.24) is 5.32 Å². The van der Waals surface area contributed by atoms with E-state index in [1.54, 1.807) is 0 Å². The molecule has 0 fully saturated rings. The molecule has 0 unspecified atom stereocenters. The molecule has 0 aliphatic carbocycles. The predicted octanol–water partition coefficient (Wildman–Crippen LogP) is -1.79. The topological polar surface area (TPSA) is 90.6 Å². The predicted molar refractivity (Wildman–Crippen MR) is 40.0 cm³/mol. The highest BCUT2D eigenvalue weighted by Gasteiger charge is 2.11. The van der Waals surface area contributed by atoms with Gasteiger partial charge >= 0.3 is 11.8 Å². The van der Waals surface area contributed by atoms with Crippen molar-refractivity contribution in [3.8, 4) is 0 Å². The summed E-state index contributed by atoms with van der Waals surface area (Å²) >= 11 is 0. The van der Waals surface area contributed by atoms with E-state index in [1.807, 2.05) is 0 Å². The van der Waals surface area contributed by atoms with Gasteiger partial charge in [0.1, 0.15) is 0 Å². The van der Waals surface area contributed by atoms with Crippen molar-refractivity contribution in [2.75, 3.05) is 20.8 Å². The Morgan fingerprint density at radius 2 is 1.92 bits per heavy atom. The summed E-state index contributed by atoms with van der Waals surface area (Å²) in [6, 6.07) is 0. The van der Waals surface area contributed by atoms with E-state index in [0.29, 0.717) is 0 Å². The quantitative estimate of drug-likeness (QED) is 0.391. The Labute approximate surface area is 70.0 Å². The summed E-state index contributed by atoms with van der Waals surface area (Å²) in [7, 11) is 2.84. The van der Waals surface area contributed by atoms with E-state index in [4.69, 9.17) is 9.47 Å². The fourth-order valence-electron chi connectivity index (χ4n) is 0.526. The number of rotatable bonds is 4. The van der Waals surface area contributed by atoms with E-state index in [9.17, 15) is 9.59 Å². The molecule has 6 heteroatoms. The lowest BCUT2D eigenvalue weighted by atomic mass is 10.5. The highest BCUT2D eigenvalue weighted by atomic mass is 16.7. The number of ether oxygens (including phenoxy) is 2. The second-order valence-electron chi connectivity index (χ2n) is 1.98.